The van der Waals surface area contributed by atoms with E-state index in [2.05, 4.69) is 19.9 Å². The van der Waals surface area contributed by atoms with Gasteiger partial charge in [-0.2, -0.15) is 10.2 Å². The second kappa shape index (κ2) is 6.18. The highest BCUT2D eigenvalue weighted by molar-refractivity contribution is 8.00. The van der Waals surface area contributed by atoms with Crippen LogP contribution >= 0.6 is 23.5 Å². The van der Waals surface area contributed by atoms with E-state index in [1.165, 1.54) is 11.9 Å². The number of aromatic nitrogens is 5. The van der Waals surface area contributed by atoms with Crippen molar-refractivity contribution in [3.8, 4) is 5.82 Å². The first-order valence-corrected chi connectivity index (χ1v) is 8.40. The molecule has 0 atom stereocenters. The summed E-state index contributed by atoms with van der Waals surface area (Å²) in [6.07, 6.45) is 7.20. The molecule has 0 aliphatic carbocycles. The van der Waals surface area contributed by atoms with Crippen molar-refractivity contribution in [3.05, 3.63) is 60.1 Å². The molecule has 3 heterocycles. The summed E-state index contributed by atoms with van der Waals surface area (Å²) < 4.78 is 6.92. The molecule has 4 rings (SSSR count). The SMILES string of the molecule is Cn1ncc2cccc(NSc3cnn(-c4cc(Cl)ccn4)c3)c21. The molecule has 0 saturated heterocycles. The highest BCUT2D eigenvalue weighted by Gasteiger charge is 2.07. The quantitative estimate of drug-likeness (QED) is 0.561. The van der Waals surface area contributed by atoms with E-state index in [0.717, 1.165) is 21.5 Å². The van der Waals surface area contributed by atoms with Crippen LogP contribution in [-0.2, 0) is 7.05 Å². The molecule has 1 aromatic carbocycles. The van der Waals surface area contributed by atoms with Crippen LogP contribution in [0.15, 0.2) is 60.0 Å². The van der Waals surface area contributed by atoms with Gasteiger partial charge in [-0.3, -0.25) is 4.68 Å². The predicted molar refractivity (Wildman–Crippen MR) is 96.6 cm³/mol. The second-order valence-electron chi connectivity index (χ2n) is 5.17. The first-order valence-electron chi connectivity index (χ1n) is 7.21. The summed E-state index contributed by atoms with van der Waals surface area (Å²) in [4.78, 5) is 5.23. The molecule has 1 N–H and O–H groups in total. The van der Waals surface area contributed by atoms with Gasteiger partial charge in [-0.15, -0.1) is 0 Å². The molecular weight excluding hydrogens is 344 g/mol. The standard InChI is InChI=1S/C16H13ClN6S/c1-22-16-11(8-19-22)3-2-4-14(16)21-24-13-9-20-23(10-13)15-7-12(17)5-6-18-15/h2-10,21H,1H3. The first-order chi connectivity index (χ1) is 11.7. The normalized spacial score (nSPS) is 11.1. The van der Waals surface area contributed by atoms with Crippen molar-refractivity contribution in [2.45, 2.75) is 4.90 Å². The smallest absolute Gasteiger partial charge is 0.154 e. The number of hydrogen-bond donors (Lipinski definition) is 1. The Morgan fingerprint density at radius 2 is 2.08 bits per heavy atom. The average molecular weight is 357 g/mol. The number of anilines is 1. The number of halogens is 1. The van der Waals surface area contributed by atoms with E-state index in [4.69, 9.17) is 11.6 Å². The number of benzene rings is 1. The average Bonchev–Trinajstić information content (AvgIpc) is 3.21. The molecule has 6 nitrogen and oxygen atoms in total. The lowest BCUT2D eigenvalue weighted by molar-refractivity contribution is 0.798. The number of nitrogens with one attached hydrogen (secondary N) is 1. The minimum atomic E-state index is 0.630. The van der Waals surface area contributed by atoms with Gasteiger partial charge in [0.15, 0.2) is 5.82 Å². The van der Waals surface area contributed by atoms with Crippen LogP contribution in [0.5, 0.6) is 0 Å². The number of aryl methyl sites for hydroxylation is 1. The molecule has 24 heavy (non-hydrogen) atoms. The van der Waals surface area contributed by atoms with Crippen LogP contribution in [0.4, 0.5) is 5.69 Å². The molecular formula is C16H13ClN6S. The molecule has 4 aromatic rings. The number of rotatable bonds is 4. The highest BCUT2D eigenvalue weighted by atomic mass is 35.5. The molecule has 0 amide bonds. The van der Waals surface area contributed by atoms with Crippen molar-refractivity contribution < 1.29 is 0 Å². The van der Waals surface area contributed by atoms with Gasteiger partial charge in [-0.05, 0) is 24.1 Å². The minimum absolute atomic E-state index is 0.630. The van der Waals surface area contributed by atoms with E-state index in [0.29, 0.717) is 10.8 Å². The van der Waals surface area contributed by atoms with Crippen LogP contribution in [0.3, 0.4) is 0 Å². The maximum absolute atomic E-state index is 6.00. The van der Waals surface area contributed by atoms with Crippen LogP contribution in [0.25, 0.3) is 16.7 Å². The third-order valence-corrected chi connectivity index (χ3v) is 4.54. The lowest BCUT2D eigenvalue weighted by Gasteiger charge is -2.06. The van der Waals surface area contributed by atoms with Gasteiger partial charge in [0.05, 0.1) is 28.5 Å². The van der Waals surface area contributed by atoms with Crippen molar-refractivity contribution in [2.24, 2.45) is 7.05 Å². The summed E-state index contributed by atoms with van der Waals surface area (Å²) >= 11 is 7.48. The molecule has 0 saturated carbocycles. The summed E-state index contributed by atoms with van der Waals surface area (Å²) in [5.74, 6) is 0.683. The molecule has 3 aromatic heterocycles. The molecule has 8 heteroatoms. The van der Waals surface area contributed by atoms with Gasteiger partial charge < -0.3 is 4.72 Å². The fraction of sp³-hybridized carbons (Fsp3) is 0.0625. The number of nitrogens with zero attached hydrogens (tertiary/aromatic N) is 5. The first kappa shape index (κ1) is 15.0. The van der Waals surface area contributed by atoms with Crippen LogP contribution in [0.1, 0.15) is 0 Å². The Balaban J connectivity index is 1.55. The van der Waals surface area contributed by atoms with E-state index in [1.54, 1.807) is 29.2 Å². The molecule has 0 spiro atoms. The monoisotopic (exact) mass is 356 g/mol. The Bertz CT molecular complexity index is 1010. The number of pyridine rings is 1. The zero-order chi connectivity index (χ0) is 16.5. The van der Waals surface area contributed by atoms with E-state index in [-0.39, 0.29) is 0 Å². The summed E-state index contributed by atoms with van der Waals surface area (Å²) in [6, 6.07) is 9.58. The molecule has 0 bridgehead atoms. The van der Waals surface area contributed by atoms with Crippen molar-refractivity contribution in [1.29, 1.82) is 0 Å². The zero-order valence-electron chi connectivity index (χ0n) is 12.7. The van der Waals surface area contributed by atoms with Gasteiger partial charge in [0.1, 0.15) is 0 Å². The van der Waals surface area contributed by atoms with Crippen molar-refractivity contribution >= 4 is 40.1 Å². The summed E-state index contributed by atoms with van der Waals surface area (Å²) in [6.45, 7) is 0. The zero-order valence-corrected chi connectivity index (χ0v) is 14.3. The van der Waals surface area contributed by atoms with E-state index >= 15 is 0 Å². The molecule has 0 radical (unpaired) electrons. The number of para-hydroxylation sites is 1. The third kappa shape index (κ3) is 2.83. The van der Waals surface area contributed by atoms with E-state index in [1.807, 2.05) is 42.3 Å². The number of hydrogen-bond acceptors (Lipinski definition) is 5. The van der Waals surface area contributed by atoms with Crippen LogP contribution in [0.2, 0.25) is 5.02 Å². The Hall–Kier alpha value is -2.51. The highest BCUT2D eigenvalue weighted by Crippen LogP contribution is 2.27. The second-order valence-corrected chi connectivity index (χ2v) is 6.48. The predicted octanol–water partition coefficient (Wildman–Crippen LogP) is 3.93. The van der Waals surface area contributed by atoms with Gasteiger partial charge in [-0.25, -0.2) is 9.67 Å². The topological polar surface area (TPSA) is 60.6 Å². The van der Waals surface area contributed by atoms with Crippen LogP contribution in [0, 0.1) is 0 Å². The lowest BCUT2D eigenvalue weighted by Crippen LogP contribution is -1.96. The van der Waals surface area contributed by atoms with Crippen LogP contribution < -0.4 is 4.72 Å². The van der Waals surface area contributed by atoms with Gasteiger partial charge in [0, 0.05) is 35.9 Å². The van der Waals surface area contributed by atoms with Gasteiger partial charge >= 0.3 is 0 Å². The maximum Gasteiger partial charge on any atom is 0.154 e. The maximum atomic E-state index is 6.00. The Morgan fingerprint density at radius 3 is 2.96 bits per heavy atom. The fourth-order valence-electron chi connectivity index (χ4n) is 2.43. The Morgan fingerprint density at radius 1 is 1.17 bits per heavy atom. The minimum Gasteiger partial charge on any atom is -0.324 e. The molecule has 0 fully saturated rings. The molecule has 0 aliphatic rings. The summed E-state index contributed by atoms with van der Waals surface area (Å²) in [7, 11) is 1.93. The Labute approximate surface area is 147 Å². The summed E-state index contributed by atoms with van der Waals surface area (Å²) in [5.41, 5.74) is 2.07. The van der Waals surface area contributed by atoms with E-state index < -0.39 is 0 Å². The fourth-order valence-corrected chi connectivity index (χ4v) is 3.23. The van der Waals surface area contributed by atoms with Crippen LogP contribution in [-0.4, -0.2) is 24.5 Å². The molecule has 0 aliphatic heterocycles. The van der Waals surface area contributed by atoms with Crippen molar-refractivity contribution in [2.75, 3.05) is 4.72 Å². The van der Waals surface area contributed by atoms with Crippen molar-refractivity contribution in [3.63, 3.8) is 0 Å². The number of fused-ring (bicyclic) bond motifs is 1. The van der Waals surface area contributed by atoms with Gasteiger partial charge in [0.2, 0.25) is 0 Å². The van der Waals surface area contributed by atoms with Gasteiger partial charge in [0.25, 0.3) is 0 Å². The van der Waals surface area contributed by atoms with Crippen molar-refractivity contribution in [1.82, 2.24) is 24.5 Å². The molecule has 0 unspecified atom stereocenters. The molecule has 120 valence electrons. The van der Waals surface area contributed by atoms with Gasteiger partial charge in [-0.1, -0.05) is 23.7 Å². The summed E-state index contributed by atoms with van der Waals surface area (Å²) in [5, 5.41) is 10.3. The largest absolute Gasteiger partial charge is 0.324 e. The Kier molecular flexibility index (Phi) is 3.87. The third-order valence-electron chi connectivity index (χ3n) is 3.54. The van der Waals surface area contributed by atoms with E-state index in [9.17, 15) is 0 Å². The lowest BCUT2D eigenvalue weighted by atomic mass is 10.2.